The van der Waals surface area contributed by atoms with E-state index in [0.29, 0.717) is 40.7 Å². The highest BCUT2D eigenvalue weighted by Gasteiger charge is 2.24. The summed E-state index contributed by atoms with van der Waals surface area (Å²) in [5.74, 6) is -0.252. The number of alkyl halides is 2. The van der Waals surface area contributed by atoms with Gasteiger partial charge in [-0.2, -0.15) is 0 Å². The number of hydrogen-bond acceptors (Lipinski definition) is 6. The number of aryl methyl sites for hydroxylation is 1. The van der Waals surface area contributed by atoms with Crippen LogP contribution < -0.4 is 4.90 Å². The Morgan fingerprint density at radius 2 is 1.94 bits per heavy atom. The number of halogens is 3. The van der Waals surface area contributed by atoms with Gasteiger partial charge in [-0.1, -0.05) is 52.1 Å². The van der Waals surface area contributed by atoms with Crippen LogP contribution in [0.25, 0.3) is 22.7 Å². The standard InChI is InChI=1S/C24H22Cl3N3O4/c1-15-5-4-7-18(25)22(15)20-14-21(34-29-20)19-13-16(8-10-28-19)30(24(33)23(26)27)11-9-17(32)6-2-3-12-31/h4-5,7-8,10,12-14,23H,2-3,6,9,11H2,1H3. The summed E-state index contributed by atoms with van der Waals surface area (Å²) in [4.78, 5) is 39.6. The number of aldehydes is 1. The molecule has 3 rings (SSSR count). The molecule has 0 spiro atoms. The molecule has 1 aromatic carbocycles. The Balaban J connectivity index is 1.85. The maximum absolute atomic E-state index is 12.7. The summed E-state index contributed by atoms with van der Waals surface area (Å²) < 4.78 is 5.50. The number of carbonyl (C=O) groups excluding carboxylic acids is 3. The molecule has 0 aliphatic carbocycles. The predicted molar refractivity (Wildman–Crippen MR) is 132 cm³/mol. The van der Waals surface area contributed by atoms with Gasteiger partial charge in [0.1, 0.15) is 23.5 Å². The smallest absolute Gasteiger partial charge is 0.260 e. The fourth-order valence-corrected chi connectivity index (χ4v) is 3.97. The minimum absolute atomic E-state index is 0.0652. The zero-order chi connectivity index (χ0) is 24.7. The molecule has 2 aromatic heterocycles. The molecule has 10 heteroatoms. The first kappa shape index (κ1) is 25.9. The van der Waals surface area contributed by atoms with Crippen molar-refractivity contribution in [3.63, 3.8) is 0 Å². The highest BCUT2D eigenvalue weighted by molar-refractivity contribution is 6.54. The van der Waals surface area contributed by atoms with Crippen molar-refractivity contribution >= 4 is 58.5 Å². The SMILES string of the molecule is Cc1cccc(Cl)c1-c1cc(-c2cc(N(CCC(=O)CCCC=O)C(=O)C(Cl)Cl)ccn2)on1. The highest BCUT2D eigenvalue weighted by Crippen LogP contribution is 2.33. The molecule has 7 nitrogen and oxygen atoms in total. The second-order valence-corrected chi connectivity index (χ2v) is 9.05. The van der Waals surface area contributed by atoms with Crippen LogP contribution in [-0.4, -0.2) is 39.5 Å². The maximum atomic E-state index is 12.7. The number of ketones is 1. The number of aromatic nitrogens is 2. The van der Waals surface area contributed by atoms with E-state index in [1.807, 2.05) is 19.1 Å². The van der Waals surface area contributed by atoms with Gasteiger partial charge in [-0.3, -0.25) is 14.6 Å². The topological polar surface area (TPSA) is 93.4 Å². The molecule has 0 aliphatic rings. The predicted octanol–water partition coefficient (Wildman–Crippen LogP) is 5.83. The van der Waals surface area contributed by atoms with Gasteiger partial charge in [0, 0.05) is 49.3 Å². The minimum Gasteiger partial charge on any atom is -0.354 e. The molecule has 0 saturated carbocycles. The molecule has 2 heterocycles. The van der Waals surface area contributed by atoms with E-state index in [-0.39, 0.29) is 25.2 Å². The Bertz CT molecular complexity index is 1160. The van der Waals surface area contributed by atoms with Crippen LogP contribution in [0.3, 0.4) is 0 Å². The number of anilines is 1. The van der Waals surface area contributed by atoms with E-state index in [0.717, 1.165) is 17.4 Å². The summed E-state index contributed by atoms with van der Waals surface area (Å²) in [5.41, 5.74) is 3.14. The fourth-order valence-electron chi connectivity index (χ4n) is 3.42. The molecule has 0 saturated heterocycles. The summed E-state index contributed by atoms with van der Waals surface area (Å²) in [6, 6.07) is 10.5. The second kappa shape index (κ2) is 12.1. The summed E-state index contributed by atoms with van der Waals surface area (Å²) in [6.07, 6.45) is 3.44. The largest absolute Gasteiger partial charge is 0.354 e. The highest BCUT2D eigenvalue weighted by atomic mass is 35.5. The summed E-state index contributed by atoms with van der Waals surface area (Å²) in [6.45, 7) is 2.01. The molecule has 0 radical (unpaired) electrons. The Hall–Kier alpha value is -2.74. The molecule has 0 N–H and O–H groups in total. The van der Waals surface area contributed by atoms with Crippen molar-refractivity contribution in [1.29, 1.82) is 0 Å². The molecule has 178 valence electrons. The number of amides is 1. The Kier molecular flexibility index (Phi) is 9.21. The number of pyridine rings is 1. The molecule has 0 aliphatic heterocycles. The van der Waals surface area contributed by atoms with E-state index < -0.39 is 10.7 Å². The van der Waals surface area contributed by atoms with Gasteiger partial charge in [-0.25, -0.2) is 0 Å². The lowest BCUT2D eigenvalue weighted by molar-refractivity contribution is -0.119. The van der Waals surface area contributed by atoms with Gasteiger partial charge in [-0.05, 0) is 37.1 Å². The summed E-state index contributed by atoms with van der Waals surface area (Å²) >= 11 is 18.0. The van der Waals surface area contributed by atoms with Crippen molar-refractivity contribution in [2.75, 3.05) is 11.4 Å². The molecule has 0 bridgehead atoms. The van der Waals surface area contributed by atoms with Gasteiger partial charge in [0.15, 0.2) is 10.6 Å². The van der Waals surface area contributed by atoms with E-state index in [2.05, 4.69) is 10.1 Å². The zero-order valence-corrected chi connectivity index (χ0v) is 20.6. The van der Waals surface area contributed by atoms with Gasteiger partial charge in [0.05, 0.1) is 5.02 Å². The second-order valence-electron chi connectivity index (χ2n) is 7.55. The molecule has 0 unspecified atom stereocenters. The Morgan fingerprint density at radius 3 is 2.65 bits per heavy atom. The average Bonchev–Trinajstić information content (AvgIpc) is 3.29. The molecule has 0 atom stereocenters. The Labute approximate surface area is 212 Å². The molecular formula is C24H22Cl3N3O4. The molecule has 1 amide bonds. The van der Waals surface area contributed by atoms with E-state index in [9.17, 15) is 14.4 Å². The van der Waals surface area contributed by atoms with Crippen LogP contribution >= 0.6 is 34.8 Å². The maximum Gasteiger partial charge on any atom is 0.260 e. The lowest BCUT2D eigenvalue weighted by atomic mass is 10.1. The molecule has 3 aromatic rings. The summed E-state index contributed by atoms with van der Waals surface area (Å²) in [5, 5.41) is 4.67. The first-order chi connectivity index (χ1) is 16.3. The van der Waals surface area contributed by atoms with Crippen molar-refractivity contribution in [3.05, 3.63) is 53.2 Å². The molecule has 34 heavy (non-hydrogen) atoms. The normalized spacial score (nSPS) is 11.0. The number of Topliss-reactive ketones (excluding diaryl/α,β-unsaturated/α-hetero) is 1. The van der Waals surface area contributed by atoms with Crippen LogP contribution in [0.4, 0.5) is 5.69 Å². The van der Waals surface area contributed by atoms with E-state index in [1.54, 1.807) is 24.3 Å². The van der Waals surface area contributed by atoms with Crippen LogP contribution in [0.1, 0.15) is 31.2 Å². The number of carbonyl (C=O) groups is 3. The van der Waals surface area contributed by atoms with Gasteiger partial charge >= 0.3 is 0 Å². The van der Waals surface area contributed by atoms with Gasteiger partial charge in [0.25, 0.3) is 5.91 Å². The van der Waals surface area contributed by atoms with Crippen LogP contribution in [0.2, 0.25) is 5.02 Å². The quantitative estimate of drug-likeness (QED) is 0.179. The van der Waals surface area contributed by atoms with Crippen molar-refractivity contribution in [1.82, 2.24) is 10.1 Å². The monoisotopic (exact) mass is 521 g/mol. The van der Waals surface area contributed by atoms with Crippen LogP contribution in [0.5, 0.6) is 0 Å². The van der Waals surface area contributed by atoms with Crippen molar-refractivity contribution < 1.29 is 18.9 Å². The van der Waals surface area contributed by atoms with Crippen molar-refractivity contribution in [2.24, 2.45) is 0 Å². The van der Waals surface area contributed by atoms with Gasteiger partial charge in [0.2, 0.25) is 0 Å². The fraction of sp³-hybridized carbons (Fsp3) is 0.292. The van der Waals surface area contributed by atoms with Crippen molar-refractivity contribution in [3.8, 4) is 22.7 Å². The number of nitrogens with zero attached hydrogens (tertiary/aromatic N) is 3. The molecule has 0 fully saturated rings. The van der Waals surface area contributed by atoms with Gasteiger partial charge in [-0.15, -0.1) is 0 Å². The van der Waals surface area contributed by atoms with Gasteiger partial charge < -0.3 is 14.2 Å². The van der Waals surface area contributed by atoms with Crippen LogP contribution in [0.15, 0.2) is 47.1 Å². The number of benzene rings is 1. The van der Waals surface area contributed by atoms with E-state index >= 15 is 0 Å². The number of unbranched alkanes of at least 4 members (excludes halogenated alkanes) is 1. The third kappa shape index (κ3) is 6.44. The first-order valence-electron chi connectivity index (χ1n) is 10.5. The van der Waals surface area contributed by atoms with Crippen molar-refractivity contribution in [2.45, 2.75) is 37.4 Å². The van der Waals surface area contributed by atoms with E-state index in [1.165, 1.54) is 11.1 Å². The first-order valence-corrected chi connectivity index (χ1v) is 11.8. The number of rotatable bonds is 11. The average molecular weight is 523 g/mol. The lowest BCUT2D eigenvalue weighted by Crippen LogP contribution is -2.36. The Morgan fingerprint density at radius 1 is 1.15 bits per heavy atom. The third-order valence-corrected chi connectivity index (χ3v) is 5.83. The zero-order valence-electron chi connectivity index (χ0n) is 18.3. The van der Waals surface area contributed by atoms with Crippen LogP contribution in [0, 0.1) is 6.92 Å². The third-order valence-electron chi connectivity index (χ3n) is 5.14. The van der Waals surface area contributed by atoms with Crippen LogP contribution in [-0.2, 0) is 14.4 Å². The van der Waals surface area contributed by atoms with E-state index in [4.69, 9.17) is 39.3 Å². The lowest BCUT2D eigenvalue weighted by Gasteiger charge is -2.23. The molecular weight excluding hydrogens is 501 g/mol. The minimum atomic E-state index is -1.30. The number of hydrogen-bond donors (Lipinski definition) is 0. The summed E-state index contributed by atoms with van der Waals surface area (Å²) in [7, 11) is 0.